The lowest BCUT2D eigenvalue weighted by molar-refractivity contribution is 0.819. The summed E-state index contributed by atoms with van der Waals surface area (Å²) < 4.78 is 2.45. The van der Waals surface area contributed by atoms with E-state index < -0.39 is 0 Å². The molecule has 28 heavy (non-hydrogen) atoms. The second-order valence-electron chi connectivity index (χ2n) is 7.53. The first-order valence-electron chi connectivity index (χ1n) is 9.76. The Labute approximate surface area is 164 Å². The van der Waals surface area contributed by atoms with E-state index in [1.54, 1.807) is 0 Å². The van der Waals surface area contributed by atoms with Crippen LogP contribution >= 0.6 is 0 Å². The first-order chi connectivity index (χ1) is 13.8. The predicted octanol–water partition coefficient (Wildman–Crippen LogP) is 6.61. The number of nitrogens with zero attached hydrogens (tertiary/aromatic N) is 1. The highest BCUT2D eigenvalue weighted by Gasteiger charge is 2.30. The summed E-state index contributed by atoms with van der Waals surface area (Å²) >= 11 is 0. The highest BCUT2D eigenvalue weighted by atomic mass is 15.1. The first-order valence-corrected chi connectivity index (χ1v) is 9.76. The lowest BCUT2D eigenvalue weighted by Crippen LogP contribution is -2.23. The molecule has 1 aromatic heterocycles. The number of hydrogen-bond donors (Lipinski definition) is 1. The van der Waals surface area contributed by atoms with Gasteiger partial charge in [-0.15, -0.1) is 0 Å². The van der Waals surface area contributed by atoms with Gasteiger partial charge in [-0.3, -0.25) is 0 Å². The molecular formula is C26H20N2. The molecule has 2 heterocycles. The molecule has 4 aromatic carbocycles. The van der Waals surface area contributed by atoms with E-state index in [0.29, 0.717) is 0 Å². The van der Waals surface area contributed by atoms with Crippen LogP contribution in [0.15, 0.2) is 91.0 Å². The Bertz CT molecular complexity index is 1350. The number of aryl methyl sites for hydroxylation is 1. The third kappa shape index (κ3) is 2.03. The largest absolute Gasteiger partial charge is 0.371 e. The minimum atomic E-state index is 0.105. The molecule has 5 aromatic rings. The number of aromatic nitrogens is 1. The molecule has 0 fully saturated rings. The van der Waals surface area contributed by atoms with E-state index in [9.17, 15) is 0 Å². The van der Waals surface area contributed by atoms with Gasteiger partial charge in [-0.1, -0.05) is 72.8 Å². The van der Waals surface area contributed by atoms with Crippen molar-refractivity contribution in [3.63, 3.8) is 0 Å². The van der Waals surface area contributed by atoms with Crippen LogP contribution in [0.4, 0.5) is 5.69 Å². The zero-order chi connectivity index (χ0) is 18.7. The Kier molecular flexibility index (Phi) is 3.18. The maximum atomic E-state index is 3.84. The molecule has 0 radical (unpaired) electrons. The Balaban J connectivity index is 1.73. The Morgan fingerprint density at radius 1 is 0.714 bits per heavy atom. The van der Waals surface area contributed by atoms with Crippen molar-refractivity contribution in [2.45, 2.75) is 13.0 Å². The topological polar surface area (TPSA) is 17.0 Å². The molecule has 0 spiro atoms. The van der Waals surface area contributed by atoms with Gasteiger partial charge < -0.3 is 9.88 Å². The second-order valence-corrected chi connectivity index (χ2v) is 7.53. The third-order valence-electron chi connectivity index (χ3n) is 6.03. The van der Waals surface area contributed by atoms with Crippen LogP contribution in [0, 0.1) is 6.92 Å². The van der Waals surface area contributed by atoms with Gasteiger partial charge in [0.05, 0.1) is 28.6 Å². The molecule has 6 rings (SSSR count). The smallest absolute Gasteiger partial charge is 0.0933 e. The summed E-state index contributed by atoms with van der Waals surface area (Å²) in [7, 11) is 0. The average Bonchev–Trinajstić information content (AvgIpc) is 3.06. The molecule has 1 aliphatic rings. The fourth-order valence-corrected chi connectivity index (χ4v) is 4.77. The van der Waals surface area contributed by atoms with Gasteiger partial charge in [-0.05, 0) is 47.0 Å². The van der Waals surface area contributed by atoms with Crippen LogP contribution < -0.4 is 5.32 Å². The highest BCUT2D eigenvalue weighted by Crippen LogP contribution is 2.44. The molecule has 0 aliphatic carbocycles. The van der Waals surface area contributed by atoms with Crippen LogP contribution in [0.2, 0.25) is 0 Å². The summed E-state index contributed by atoms with van der Waals surface area (Å²) in [6, 6.07) is 32.7. The molecule has 1 unspecified atom stereocenters. The van der Waals surface area contributed by atoms with E-state index in [0.717, 1.165) is 0 Å². The molecule has 2 nitrogen and oxygen atoms in total. The molecule has 1 N–H and O–H groups in total. The van der Waals surface area contributed by atoms with Gasteiger partial charge in [-0.2, -0.15) is 0 Å². The fraction of sp³-hybridized carbons (Fsp3) is 0.0769. The third-order valence-corrected chi connectivity index (χ3v) is 6.03. The van der Waals surface area contributed by atoms with E-state index in [4.69, 9.17) is 0 Å². The van der Waals surface area contributed by atoms with E-state index in [-0.39, 0.29) is 6.04 Å². The summed E-state index contributed by atoms with van der Waals surface area (Å²) in [5.74, 6) is 0. The lowest BCUT2D eigenvalue weighted by atomic mass is 9.93. The van der Waals surface area contributed by atoms with Crippen molar-refractivity contribution in [3.8, 4) is 5.69 Å². The summed E-state index contributed by atoms with van der Waals surface area (Å²) in [6.07, 6.45) is 0. The first kappa shape index (κ1) is 15.5. The number of anilines is 1. The normalized spacial score (nSPS) is 15.2. The standard InChI is InChI=1S/C26H20N2/c1-17-19-11-4-6-15-23(19)28-24-16-7-5-14-22(24)27-25(26(17)28)21-13-8-10-18-9-2-3-12-20(18)21/h2-16,25,27H,1H3. The Morgan fingerprint density at radius 3 is 2.36 bits per heavy atom. The molecule has 2 heteroatoms. The van der Waals surface area contributed by atoms with E-state index in [2.05, 4.69) is 108 Å². The minimum absolute atomic E-state index is 0.105. The van der Waals surface area contributed by atoms with Gasteiger partial charge in [0, 0.05) is 5.39 Å². The number of fused-ring (bicyclic) bond motifs is 6. The van der Waals surface area contributed by atoms with Crippen LogP contribution in [0.3, 0.4) is 0 Å². The summed E-state index contributed by atoms with van der Waals surface area (Å²) in [4.78, 5) is 0. The van der Waals surface area contributed by atoms with Gasteiger partial charge >= 0.3 is 0 Å². The maximum Gasteiger partial charge on any atom is 0.0933 e. The van der Waals surface area contributed by atoms with Crippen molar-refractivity contribution in [1.82, 2.24) is 4.57 Å². The highest BCUT2D eigenvalue weighted by molar-refractivity contribution is 5.92. The second kappa shape index (κ2) is 5.74. The van der Waals surface area contributed by atoms with Crippen molar-refractivity contribution in [2.75, 3.05) is 5.32 Å². The molecule has 1 aliphatic heterocycles. The van der Waals surface area contributed by atoms with Crippen molar-refractivity contribution in [2.24, 2.45) is 0 Å². The average molecular weight is 360 g/mol. The van der Waals surface area contributed by atoms with Gasteiger partial charge in [0.2, 0.25) is 0 Å². The van der Waals surface area contributed by atoms with E-state index >= 15 is 0 Å². The molecule has 0 bridgehead atoms. The van der Waals surface area contributed by atoms with Crippen LogP contribution in [-0.4, -0.2) is 4.57 Å². The fourth-order valence-electron chi connectivity index (χ4n) is 4.77. The lowest BCUT2D eigenvalue weighted by Gasteiger charge is -2.31. The molecule has 0 amide bonds. The van der Waals surface area contributed by atoms with Crippen LogP contribution in [-0.2, 0) is 0 Å². The molecule has 0 saturated heterocycles. The van der Waals surface area contributed by atoms with Crippen LogP contribution in [0.5, 0.6) is 0 Å². The number of para-hydroxylation sites is 3. The van der Waals surface area contributed by atoms with Gasteiger partial charge in [0.15, 0.2) is 0 Å². The monoisotopic (exact) mass is 360 g/mol. The zero-order valence-electron chi connectivity index (χ0n) is 15.7. The quantitative estimate of drug-likeness (QED) is 0.356. The number of benzene rings is 4. The maximum absolute atomic E-state index is 3.84. The Hall–Kier alpha value is -3.52. The van der Waals surface area contributed by atoms with Crippen LogP contribution in [0.25, 0.3) is 27.4 Å². The van der Waals surface area contributed by atoms with Crippen molar-refractivity contribution in [1.29, 1.82) is 0 Å². The van der Waals surface area contributed by atoms with Gasteiger partial charge in [0.25, 0.3) is 0 Å². The predicted molar refractivity (Wildman–Crippen MR) is 117 cm³/mol. The minimum Gasteiger partial charge on any atom is -0.371 e. The van der Waals surface area contributed by atoms with Crippen LogP contribution in [0.1, 0.15) is 22.9 Å². The Morgan fingerprint density at radius 2 is 1.43 bits per heavy atom. The number of nitrogens with one attached hydrogen (secondary N) is 1. The zero-order valence-corrected chi connectivity index (χ0v) is 15.7. The summed E-state index contributed by atoms with van der Waals surface area (Å²) in [6.45, 7) is 2.25. The molecular weight excluding hydrogens is 340 g/mol. The van der Waals surface area contributed by atoms with Crippen molar-refractivity contribution in [3.05, 3.63) is 108 Å². The molecule has 0 saturated carbocycles. The summed E-state index contributed by atoms with van der Waals surface area (Å²) in [5, 5.41) is 7.75. The van der Waals surface area contributed by atoms with Crippen molar-refractivity contribution >= 4 is 27.4 Å². The van der Waals surface area contributed by atoms with E-state index in [1.807, 2.05) is 0 Å². The number of rotatable bonds is 1. The number of hydrogen-bond acceptors (Lipinski definition) is 1. The van der Waals surface area contributed by atoms with Gasteiger partial charge in [0.1, 0.15) is 0 Å². The van der Waals surface area contributed by atoms with Crippen molar-refractivity contribution < 1.29 is 0 Å². The van der Waals surface area contributed by atoms with Gasteiger partial charge in [-0.25, -0.2) is 0 Å². The summed E-state index contributed by atoms with van der Waals surface area (Å²) in [5.41, 5.74) is 7.66. The molecule has 1 atom stereocenters. The van der Waals surface area contributed by atoms with E-state index in [1.165, 1.54) is 49.9 Å². The molecule has 134 valence electrons. The SMILES string of the molecule is Cc1c2n(c3ccccc13)-c1ccccc1NC2c1cccc2ccccc12.